The van der Waals surface area contributed by atoms with Crippen molar-refractivity contribution in [3.63, 3.8) is 0 Å². The van der Waals surface area contributed by atoms with E-state index in [2.05, 4.69) is 12.2 Å². The van der Waals surface area contributed by atoms with Gasteiger partial charge in [-0.25, -0.2) is 0 Å². The van der Waals surface area contributed by atoms with E-state index in [4.69, 9.17) is 5.73 Å². The second kappa shape index (κ2) is 6.68. The normalized spacial score (nSPS) is 9.94. The van der Waals surface area contributed by atoms with E-state index >= 15 is 0 Å². The first-order valence-corrected chi connectivity index (χ1v) is 5.79. The highest BCUT2D eigenvalue weighted by Gasteiger charge is 2.06. The smallest absolute Gasteiger partial charge is 0.309 e. The minimum Gasteiger partial charge on any atom is -0.361 e. The maximum Gasteiger partial charge on any atom is 0.309 e. The molecule has 0 bridgehead atoms. The summed E-state index contributed by atoms with van der Waals surface area (Å²) in [5.74, 6) is -1.70. The van der Waals surface area contributed by atoms with E-state index in [0.29, 0.717) is 6.54 Å². The Labute approximate surface area is 101 Å². The van der Waals surface area contributed by atoms with E-state index in [1.54, 1.807) is 0 Å². The number of carbonyl (C=O) groups excluding carboxylic acids is 2. The van der Waals surface area contributed by atoms with E-state index in [-0.39, 0.29) is 0 Å². The number of nitrogens with two attached hydrogens (primary N) is 1. The van der Waals surface area contributed by atoms with Gasteiger partial charge in [-0.2, -0.15) is 0 Å². The van der Waals surface area contributed by atoms with Crippen molar-refractivity contribution in [3.05, 3.63) is 35.4 Å². The monoisotopic (exact) mass is 234 g/mol. The van der Waals surface area contributed by atoms with Crippen LogP contribution in [0.15, 0.2) is 24.3 Å². The number of carbonyl (C=O) groups is 2. The summed E-state index contributed by atoms with van der Waals surface area (Å²) in [5, 5.41) is 2.45. The maximum absolute atomic E-state index is 10.9. The molecule has 0 aliphatic heterocycles. The van der Waals surface area contributed by atoms with Crippen LogP contribution in [0.2, 0.25) is 0 Å². The molecule has 1 aromatic rings. The summed E-state index contributed by atoms with van der Waals surface area (Å²) in [6, 6.07) is 7.99. The van der Waals surface area contributed by atoms with Crippen LogP contribution in [-0.4, -0.2) is 11.8 Å². The second-order valence-electron chi connectivity index (χ2n) is 3.97. The lowest BCUT2D eigenvalue weighted by Crippen LogP contribution is -2.35. The van der Waals surface area contributed by atoms with Crippen molar-refractivity contribution in [1.82, 2.24) is 5.32 Å². The fourth-order valence-corrected chi connectivity index (χ4v) is 1.47. The van der Waals surface area contributed by atoms with Crippen molar-refractivity contribution in [2.24, 2.45) is 5.73 Å². The van der Waals surface area contributed by atoms with Gasteiger partial charge in [0.2, 0.25) is 0 Å². The average Bonchev–Trinajstić information content (AvgIpc) is 2.34. The van der Waals surface area contributed by atoms with E-state index < -0.39 is 11.8 Å². The Hall–Kier alpha value is -1.84. The van der Waals surface area contributed by atoms with Crippen LogP contribution in [0.4, 0.5) is 0 Å². The minimum absolute atomic E-state index is 0.329. The van der Waals surface area contributed by atoms with Crippen LogP contribution in [0.25, 0.3) is 0 Å². The van der Waals surface area contributed by atoms with Gasteiger partial charge in [0.15, 0.2) is 0 Å². The van der Waals surface area contributed by atoms with Gasteiger partial charge < -0.3 is 11.1 Å². The molecule has 0 saturated carbocycles. The van der Waals surface area contributed by atoms with Crippen LogP contribution in [0, 0.1) is 0 Å². The van der Waals surface area contributed by atoms with Crippen LogP contribution in [0.3, 0.4) is 0 Å². The Morgan fingerprint density at radius 1 is 1.18 bits per heavy atom. The van der Waals surface area contributed by atoms with Crippen LogP contribution in [0.1, 0.15) is 30.9 Å². The molecular formula is C13H18N2O2. The summed E-state index contributed by atoms with van der Waals surface area (Å²) in [7, 11) is 0. The Balaban J connectivity index is 2.45. The molecule has 92 valence electrons. The highest BCUT2D eigenvalue weighted by Crippen LogP contribution is 2.07. The van der Waals surface area contributed by atoms with Crippen molar-refractivity contribution in [2.45, 2.75) is 32.7 Å². The zero-order valence-corrected chi connectivity index (χ0v) is 10.0. The van der Waals surface area contributed by atoms with Gasteiger partial charge in [0.05, 0.1) is 0 Å². The molecule has 0 atom stereocenters. The van der Waals surface area contributed by atoms with Gasteiger partial charge in [-0.3, -0.25) is 9.59 Å². The fourth-order valence-electron chi connectivity index (χ4n) is 1.47. The molecule has 0 radical (unpaired) electrons. The number of aryl methyl sites for hydroxylation is 1. The van der Waals surface area contributed by atoms with Gasteiger partial charge in [-0.1, -0.05) is 37.6 Å². The first kappa shape index (κ1) is 13.2. The molecule has 0 fully saturated rings. The number of benzene rings is 1. The van der Waals surface area contributed by atoms with E-state index in [1.165, 1.54) is 18.4 Å². The molecule has 0 aliphatic carbocycles. The van der Waals surface area contributed by atoms with Crippen molar-refractivity contribution in [2.75, 3.05) is 0 Å². The van der Waals surface area contributed by atoms with Gasteiger partial charge in [-0.05, 0) is 24.0 Å². The third-order valence-corrected chi connectivity index (χ3v) is 2.52. The predicted octanol–water partition coefficient (Wildman–Crippen LogP) is 1.13. The summed E-state index contributed by atoms with van der Waals surface area (Å²) in [4.78, 5) is 21.4. The van der Waals surface area contributed by atoms with Crippen LogP contribution in [0.5, 0.6) is 0 Å². The van der Waals surface area contributed by atoms with Crippen molar-refractivity contribution < 1.29 is 9.59 Å². The molecule has 0 saturated heterocycles. The molecule has 2 amide bonds. The summed E-state index contributed by atoms with van der Waals surface area (Å²) >= 11 is 0. The number of rotatable bonds is 5. The Morgan fingerprint density at radius 2 is 1.76 bits per heavy atom. The van der Waals surface area contributed by atoms with Gasteiger partial charge in [0.25, 0.3) is 0 Å². The third-order valence-electron chi connectivity index (χ3n) is 2.52. The van der Waals surface area contributed by atoms with Crippen LogP contribution >= 0.6 is 0 Å². The number of amides is 2. The molecule has 0 heterocycles. The lowest BCUT2D eigenvalue weighted by atomic mass is 10.1. The van der Waals surface area contributed by atoms with Gasteiger partial charge >= 0.3 is 11.8 Å². The highest BCUT2D eigenvalue weighted by molar-refractivity contribution is 6.34. The second-order valence-corrected chi connectivity index (χ2v) is 3.97. The Morgan fingerprint density at radius 3 is 2.29 bits per heavy atom. The number of hydrogen-bond donors (Lipinski definition) is 2. The Kier molecular flexibility index (Phi) is 5.20. The molecule has 17 heavy (non-hydrogen) atoms. The lowest BCUT2D eigenvalue weighted by molar-refractivity contribution is -0.137. The largest absolute Gasteiger partial charge is 0.361 e. The Bertz CT molecular complexity index is 385. The zero-order valence-electron chi connectivity index (χ0n) is 10.0. The maximum atomic E-state index is 10.9. The number of primary amides is 1. The van der Waals surface area contributed by atoms with Crippen LogP contribution < -0.4 is 11.1 Å². The first-order valence-electron chi connectivity index (χ1n) is 5.79. The number of unbranched alkanes of at least 4 members (excludes halogenated alkanes) is 1. The molecule has 3 N–H and O–H groups in total. The predicted molar refractivity (Wildman–Crippen MR) is 66.1 cm³/mol. The van der Waals surface area contributed by atoms with E-state index in [0.717, 1.165) is 12.0 Å². The standard InChI is InChI=1S/C13H18N2O2/c1-2-3-4-10-5-7-11(8-6-10)9-15-13(17)12(14)16/h5-8H,2-4,9H2,1H3,(H2,14,16)(H,15,17). The molecule has 1 aromatic carbocycles. The SMILES string of the molecule is CCCCc1ccc(CNC(=O)C(N)=O)cc1. The summed E-state index contributed by atoms with van der Waals surface area (Å²) in [5.41, 5.74) is 7.08. The highest BCUT2D eigenvalue weighted by atomic mass is 16.2. The molecule has 0 spiro atoms. The van der Waals surface area contributed by atoms with Crippen molar-refractivity contribution in [3.8, 4) is 0 Å². The van der Waals surface area contributed by atoms with Crippen molar-refractivity contribution in [1.29, 1.82) is 0 Å². The summed E-state index contributed by atoms with van der Waals surface area (Å²) in [6.07, 6.45) is 3.43. The molecule has 4 heteroatoms. The van der Waals surface area contributed by atoms with E-state index in [9.17, 15) is 9.59 Å². The van der Waals surface area contributed by atoms with Gasteiger partial charge in [-0.15, -0.1) is 0 Å². The third kappa shape index (κ3) is 4.68. The number of hydrogen-bond acceptors (Lipinski definition) is 2. The molecule has 0 unspecified atom stereocenters. The van der Waals surface area contributed by atoms with Gasteiger partial charge in [0.1, 0.15) is 0 Å². The fraction of sp³-hybridized carbons (Fsp3) is 0.385. The lowest BCUT2D eigenvalue weighted by Gasteiger charge is -2.04. The zero-order chi connectivity index (χ0) is 12.7. The first-order chi connectivity index (χ1) is 8.13. The summed E-state index contributed by atoms with van der Waals surface area (Å²) < 4.78 is 0. The average molecular weight is 234 g/mol. The molecular weight excluding hydrogens is 216 g/mol. The molecule has 0 aliphatic rings. The van der Waals surface area contributed by atoms with Gasteiger partial charge in [0, 0.05) is 6.54 Å². The number of nitrogens with one attached hydrogen (secondary N) is 1. The topological polar surface area (TPSA) is 72.2 Å². The quantitative estimate of drug-likeness (QED) is 0.750. The molecule has 4 nitrogen and oxygen atoms in total. The summed E-state index contributed by atoms with van der Waals surface area (Å²) in [6.45, 7) is 2.49. The molecule has 0 aromatic heterocycles. The molecule has 1 rings (SSSR count). The minimum atomic E-state index is -0.954. The van der Waals surface area contributed by atoms with Crippen LogP contribution in [-0.2, 0) is 22.6 Å². The van der Waals surface area contributed by atoms with Crippen molar-refractivity contribution >= 4 is 11.8 Å². The van der Waals surface area contributed by atoms with E-state index in [1.807, 2.05) is 24.3 Å².